The molecule has 3 aromatic rings. The predicted molar refractivity (Wildman–Crippen MR) is 78.0 cm³/mol. The minimum Gasteiger partial charge on any atom is -0.296 e. The van der Waals surface area contributed by atoms with Gasteiger partial charge in [0.15, 0.2) is 0 Å². The third-order valence-corrected chi connectivity index (χ3v) is 3.43. The minimum atomic E-state index is -0.240. The predicted octanol–water partition coefficient (Wildman–Crippen LogP) is 3.65. The van der Waals surface area contributed by atoms with Crippen molar-refractivity contribution in [1.82, 2.24) is 14.5 Å². The summed E-state index contributed by atoms with van der Waals surface area (Å²) < 4.78 is 15.3. The molecule has 0 unspecified atom stereocenters. The largest absolute Gasteiger partial charge is 0.296 e. The van der Waals surface area contributed by atoms with Gasteiger partial charge in [-0.2, -0.15) is 0 Å². The van der Waals surface area contributed by atoms with Gasteiger partial charge in [0.2, 0.25) is 0 Å². The number of benzene rings is 1. The molecule has 102 valence electrons. The molecular weight excluding hydrogens is 277 g/mol. The zero-order chi connectivity index (χ0) is 14.1. The second kappa shape index (κ2) is 5.21. The Hall–Kier alpha value is -1.94. The van der Waals surface area contributed by atoms with Gasteiger partial charge in [0.05, 0.1) is 17.4 Å². The standard InChI is InChI=1S/C15H13ClFN3/c1-10-8-11(17)2-3-13(10)20-14-5-7-18-9-12(14)19-15(20)4-6-16/h2-3,5,7-9H,4,6H2,1H3. The van der Waals surface area contributed by atoms with Crippen LogP contribution in [0.2, 0.25) is 0 Å². The minimum absolute atomic E-state index is 0.240. The molecule has 20 heavy (non-hydrogen) atoms. The summed E-state index contributed by atoms with van der Waals surface area (Å²) in [5.41, 5.74) is 3.54. The highest BCUT2D eigenvalue weighted by Crippen LogP contribution is 2.24. The van der Waals surface area contributed by atoms with Gasteiger partial charge in [0.1, 0.15) is 17.2 Å². The monoisotopic (exact) mass is 289 g/mol. The van der Waals surface area contributed by atoms with Crippen molar-refractivity contribution in [3.8, 4) is 5.69 Å². The lowest BCUT2D eigenvalue weighted by molar-refractivity contribution is 0.626. The quantitative estimate of drug-likeness (QED) is 0.689. The number of nitrogens with zero attached hydrogens (tertiary/aromatic N) is 3. The number of fused-ring (bicyclic) bond motifs is 1. The number of aromatic nitrogens is 3. The average Bonchev–Trinajstić information content (AvgIpc) is 2.78. The fourth-order valence-corrected chi connectivity index (χ4v) is 2.54. The molecule has 0 spiro atoms. The summed E-state index contributed by atoms with van der Waals surface area (Å²) in [7, 11) is 0. The third-order valence-electron chi connectivity index (χ3n) is 3.24. The second-order valence-electron chi connectivity index (χ2n) is 4.60. The molecule has 0 aliphatic rings. The van der Waals surface area contributed by atoms with Crippen molar-refractivity contribution in [3.63, 3.8) is 0 Å². The summed E-state index contributed by atoms with van der Waals surface area (Å²) in [5, 5.41) is 0. The van der Waals surface area contributed by atoms with Crippen LogP contribution in [-0.4, -0.2) is 20.4 Å². The van der Waals surface area contributed by atoms with Crippen molar-refractivity contribution in [1.29, 1.82) is 0 Å². The Bertz CT molecular complexity index is 767. The molecule has 5 heteroatoms. The topological polar surface area (TPSA) is 30.7 Å². The normalized spacial score (nSPS) is 11.2. The Labute approximate surface area is 121 Å². The van der Waals surface area contributed by atoms with Crippen LogP contribution >= 0.6 is 11.6 Å². The van der Waals surface area contributed by atoms with Gasteiger partial charge in [-0.15, -0.1) is 11.6 Å². The number of alkyl halides is 1. The lowest BCUT2D eigenvalue weighted by atomic mass is 10.2. The molecule has 0 radical (unpaired) electrons. The summed E-state index contributed by atoms with van der Waals surface area (Å²) in [6.45, 7) is 1.88. The molecule has 2 heterocycles. The van der Waals surface area contributed by atoms with E-state index in [4.69, 9.17) is 11.6 Å². The van der Waals surface area contributed by atoms with Gasteiger partial charge in [0.25, 0.3) is 0 Å². The van der Waals surface area contributed by atoms with Gasteiger partial charge in [-0.25, -0.2) is 9.37 Å². The molecule has 3 nitrogen and oxygen atoms in total. The molecule has 0 fully saturated rings. The maximum absolute atomic E-state index is 13.3. The van der Waals surface area contributed by atoms with Crippen molar-refractivity contribution < 1.29 is 4.39 Å². The summed E-state index contributed by atoms with van der Waals surface area (Å²) in [6, 6.07) is 6.65. The van der Waals surface area contributed by atoms with E-state index < -0.39 is 0 Å². The van der Waals surface area contributed by atoms with Gasteiger partial charge in [-0.05, 0) is 36.8 Å². The summed E-state index contributed by atoms with van der Waals surface area (Å²) in [6.07, 6.45) is 4.10. The first kappa shape index (κ1) is 13.1. The maximum Gasteiger partial charge on any atom is 0.123 e. The number of pyridine rings is 1. The van der Waals surface area contributed by atoms with E-state index in [1.54, 1.807) is 18.5 Å². The summed E-state index contributed by atoms with van der Waals surface area (Å²) >= 11 is 5.86. The van der Waals surface area contributed by atoms with Crippen LogP contribution in [-0.2, 0) is 6.42 Å². The zero-order valence-electron chi connectivity index (χ0n) is 11.0. The highest BCUT2D eigenvalue weighted by molar-refractivity contribution is 6.17. The van der Waals surface area contributed by atoms with Crippen LogP contribution in [0.1, 0.15) is 11.4 Å². The van der Waals surface area contributed by atoms with Crippen molar-refractivity contribution in [2.45, 2.75) is 13.3 Å². The van der Waals surface area contributed by atoms with Crippen LogP contribution in [0.5, 0.6) is 0 Å². The third kappa shape index (κ3) is 2.16. The van der Waals surface area contributed by atoms with Crippen LogP contribution in [0, 0.1) is 12.7 Å². The van der Waals surface area contributed by atoms with Crippen molar-refractivity contribution in [3.05, 3.63) is 53.9 Å². The van der Waals surface area contributed by atoms with Crippen LogP contribution in [0.3, 0.4) is 0 Å². The Morgan fingerprint density at radius 1 is 1.30 bits per heavy atom. The van der Waals surface area contributed by atoms with Gasteiger partial charge >= 0.3 is 0 Å². The highest BCUT2D eigenvalue weighted by atomic mass is 35.5. The first-order valence-electron chi connectivity index (χ1n) is 6.34. The van der Waals surface area contributed by atoms with Crippen molar-refractivity contribution >= 4 is 22.6 Å². The van der Waals surface area contributed by atoms with Crippen LogP contribution in [0.15, 0.2) is 36.7 Å². The van der Waals surface area contributed by atoms with Crippen molar-refractivity contribution in [2.24, 2.45) is 0 Å². The molecule has 0 aliphatic heterocycles. The molecule has 0 amide bonds. The molecule has 1 aromatic carbocycles. The molecular formula is C15H13ClFN3. The molecule has 0 bridgehead atoms. The first-order chi connectivity index (χ1) is 9.70. The van der Waals surface area contributed by atoms with E-state index in [9.17, 15) is 4.39 Å². The summed E-state index contributed by atoms with van der Waals surface area (Å²) in [4.78, 5) is 8.65. The maximum atomic E-state index is 13.3. The fraction of sp³-hybridized carbons (Fsp3) is 0.200. The van der Waals surface area contributed by atoms with Gasteiger partial charge in [-0.3, -0.25) is 9.55 Å². The Balaban J connectivity index is 2.30. The van der Waals surface area contributed by atoms with Gasteiger partial charge in [0, 0.05) is 18.5 Å². The van der Waals surface area contributed by atoms with Crippen molar-refractivity contribution in [2.75, 3.05) is 5.88 Å². The lowest BCUT2D eigenvalue weighted by Gasteiger charge is -2.11. The van der Waals surface area contributed by atoms with Crippen LogP contribution in [0.25, 0.3) is 16.7 Å². The molecule has 3 rings (SSSR count). The van der Waals surface area contributed by atoms with Crippen LogP contribution in [0.4, 0.5) is 4.39 Å². The molecule has 0 aliphatic carbocycles. The SMILES string of the molecule is Cc1cc(F)ccc1-n1c(CCCl)nc2cnccc21. The molecule has 0 saturated heterocycles. The highest BCUT2D eigenvalue weighted by Gasteiger charge is 2.13. The van der Waals surface area contributed by atoms with Crippen LogP contribution < -0.4 is 0 Å². The smallest absolute Gasteiger partial charge is 0.123 e. The lowest BCUT2D eigenvalue weighted by Crippen LogP contribution is -2.04. The number of halogens is 2. The van der Waals surface area contributed by atoms with Gasteiger partial charge < -0.3 is 0 Å². The summed E-state index contributed by atoms with van der Waals surface area (Å²) in [5.74, 6) is 1.10. The average molecular weight is 290 g/mol. The van der Waals surface area contributed by atoms with E-state index in [1.165, 1.54) is 12.1 Å². The molecule has 0 atom stereocenters. The van der Waals surface area contributed by atoms with E-state index in [2.05, 4.69) is 9.97 Å². The molecule has 2 aromatic heterocycles. The zero-order valence-corrected chi connectivity index (χ0v) is 11.7. The number of imidazole rings is 1. The first-order valence-corrected chi connectivity index (χ1v) is 6.88. The fourth-order valence-electron chi connectivity index (χ4n) is 2.37. The Morgan fingerprint density at radius 3 is 2.90 bits per heavy atom. The van der Waals surface area contributed by atoms with Gasteiger partial charge in [-0.1, -0.05) is 0 Å². The van der Waals surface area contributed by atoms with E-state index in [0.717, 1.165) is 28.1 Å². The Morgan fingerprint density at radius 2 is 2.15 bits per heavy atom. The number of hydrogen-bond donors (Lipinski definition) is 0. The van der Waals surface area contributed by atoms with E-state index in [0.29, 0.717) is 12.3 Å². The van der Waals surface area contributed by atoms with E-state index in [-0.39, 0.29) is 5.82 Å². The Kier molecular flexibility index (Phi) is 3.40. The molecule has 0 N–H and O–H groups in total. The van der Waals surface area contributed by atoms with E-state index >= 15 is 0 Å². The van der Waals surface area contributed by atoms with E-state index in [1.807, 2.05) is 17.6 Å². The number of aryl methyl sites for hydroxylation is 2. The number of hydrogen-bond acceptors (Lipinski definition) is 2. The number of rotatable bonds is 3. The molecule has 0 saturated carbocycles. The second-order valence-corrected chi connectivity index (χ2v) is 4.98.